The van der Waals surface area contributed by atoms with Crippen molar-refractivity contribution in [1.82, 2.24) is 9.80 Å². The minimum atomic E-state index is -0.121. The number of hydrogen-bond acceptors (Lipinski definition) is 3. The molecule has 0 bridgehead atoms. The van der Waals surface area contributed by atoms with E-state index in [2.05, 4.69) is 37.3 Å². The van der Waals surface area contributed by atoms with E-state index in [1.165, 1.54) is 5.56 Å². The molecule has 0 radical (unpaired) electrons. The third-order valence-corrected chi connectivity index (χ3v) is 4.83. The van der Waals surface area contributed by atoms with Crippen LogP contribution in [-0.4, -0.2) is 42.4 Å². The fraction of sp³-hybridized carbons (Fsp3) is 0.524. The Kier molecular flexibility index (Phi) is 7.53. The van der Waals surface area contributed by atoms with E-state index in [1.807, 2.05) is 22.9 Å². The van der Waals surface area contributed by atoms with Crippen LogP contribution in [0.25, 0.3) is 0 Å². The first-order chi connectivity index (χ1) is 12.1. The Bertz CT molecular complexity index is 610. The van der Waals surface area contributed by atoms with Crippen molar-refractivity contribution in [3.8, 4) is 6.07 Å². The number of carbonyl (C=O) groups excluding carboxylic acids is 1. The molecule has 1 aliphatic heterocycles. The first-order valence-electron chi connectivity index (χ1n) is 9.29. The van der Waals surface area contributed by atoms with Crippen molar-refractivity contribution in [3.05, 3.63) is 47.7 Å². The molecule has 0 saturated carbocycles. The standard InChI is InChI=1S/C21H29N3O/c1-3-4-12-23(2)17-20(16-22)21(25)24-13-10-19(11-14-24)15-18-8-6-5-7-9-18/h5-9,17,19H,3-4,10-15H2,1-2H3/b20-17-. The molecule has 2 rings (SSSR count). The third-order valence-electron chi connectivity index (χ3n) is 4.83. The van der Waals surface area contributed by atoms with Crippen molar-refractivity contribution >= 4 is 5.91 Å². The predicted octanol–water partition coefficient (Wildman–Crippen LogP) is 3.61. The molecule has 1 fully saturated rings. The van der Waals surface area contributed by atoms with Crippen LogP contribution < -0.4 is 0 Å². The van der Waals surface area contributed by atoms with E-state index < -0.39 is 0 Å². The highest BCUT2D eigenvalue weighted by molar-refractivity contribution is 5.97. The minimum absolute atomic E-state index is 0.121. The van der Waals surface area contributed by atoms with Gasteiger partial charge >= 0.3 is 0 Å². The molecule has 0 unspecified atom stereocenters. The first-order valence-corrected chi connectivity index (χ1v) is 9.29. The molecule has 1 saturated heterocycles. The molecule has 1 aromatic rings. The fourth-order valence-electron chi connectivity index (χ4n) is 3.28. The summed E-state index contributed by atoms with van der Waals surface area (Å²) < 4.78 is 0. The average Bonchev–Trinajstić information content (AvgIpc) is 2.65. The molecule has 0 spiro atoms. The van der Waals surface area contributed by atoms with Gasteiger partial charge in [-0.1, -0.05) is 43.7 Å². The van der Waals surface area contributed by atoms with Crippen LogP contribution in [0.5, 0.6) is 0 Å². The van der Waals surface area contributed by atoms with Gasteiger partial charge in [-0.05, 0) is 37.2 Å². The molecular weight excluding hydrogens is 310 g/mol. The largest absolute Gasteiger partial charge is 0.379 e. The van der Waals surface area contributed by atoms with E-state index in [9.17, 15) is 10.1 Å². The number of piperidine rings is 1. The van der Waals surface area contributed by atoms with Crippen molar-refractivity contribution < 1.29 is 4.79 Å². The minimum Gasteiger partial charge on any atom is -0.379 e. The lowest BCUT2D eigenvalue weighted by Crippen LogP contribution is -2.39. The van der Waals surface area contributed by atoms with Gasteiger partial charge in [-0.3, -0.25) is 4.79 Å². The maximum absolute atomic E-state index is 12.6. The Hall–Kier alpha value is -2.28. The van der Waals surface area contributed by atoms with Gasteiger partial charge in [-0.25, -0.2) is 0 Å². The van der Waals surface area contributed by atoms with Gasteiger partial charge in [0.05, 0.1) is 0 Å². The lowest BCUT2D eigenvalue weighted by Gasteiger charge is -2.32. The van der Waals surface area contributed by atoms with Gasteiger partial charge in [0.25, 0.3) is 5.91 Å². The highest BCUT2D eigenvalue weighted by Crippen LogP contribution is 2.22. The van der Waals surface area contributed by atoms with Crippen molar-refractivity contribution in [2.24, 2.45) is 5.92 Å². The Labute approximate surface area is 151 Å². The van der Waals surface area contributed by atoms with E-state index in [0.717, 1.165) is 51.7 Å². The highest BCUT2D eigenvalue weighted by atomic mass is 16.2. The summed E-state index contributed by atoms with van der Waals surface area (Å²) in [5.41, 5.74) is 1.61. The summed E-state index contributed by atoms with van der Waals surface area (Å²) in [6.07, 6.45) is 6.95. The van der Waals surface area contributed by atoms with Crippen LogP contribution in [0.3, 0.4) is 0 Å². The Balaban J connectivity index is 1.87. The topological polar surface area (TPSA) is 47.3 Å². The number of amides is 1. The Morgan fingerprint density at radius 3 is 2.60 bits per heavy atom. The summed E-state index contributed by atoms with van der Waals surface area (Å²) in [7, 11) is 1.92. The molecular formula is C21H29N3O. The van der Waals surface area contributed by atoms with Crippen molar-refractivity contribution in [2.45, 2.75) is 39.0 Å². The van der Waals surface area contributed by atoms with Crippen LogP contribution in [0.15, 0.2) is 42.1 Å². The van der Waals surface area contributed by atoms with Crippen LogP contribution >= 0.6 is 0 Å². The molecule has 1 aliphatic rings. The second-order valence-electron chi connectivity index (χ2n) is 6.91. The van der Waals surface area contributed by atoms with E-state index in [1.54, 1.807) is 6.20 Å². The number of nitriles is 1. The molecule has 25 heavy (non-hydrogen) atoms. The van der Waals surface area contributed by atoms with Crippen LogP contribution in [-0.2, 0) is 11.2 Å². The summed E-state index contributed by atoms with van der Waals surface area (Å²) in [6, 6.07) is 12.6. The molecule has 134 valence electrons. The van der Waals surface area contributed by atoms with Gasteiger partial charge in [-0.2, -0.15) is 5.26 Å². The van der Waals surface area contributed by atoms with Crippen molar-refractivity contribution in [1.29, 1.82) is 5.26 Å². The van der Waals surface area contributed by atoms with Gasteiger partial charge in [0, 0.05) is 32.9 Å². The summed E-state index contributed by atoms with van der Waals surface area (Å²) >= 11 is 0. The molecule has 4 heteroatoms. The summed E-state index contributed by atoms with van der Waals surface area (Å²) in [4.78, 5) is 16.4. The quantitative estimate of drug-likeness (QED) is 0.563. The first kappa shape index (κ1) is 19.1. The van der Waals surface area contributed by atoms with Crippen LogP contribution in [0.2, 0.25) is 0 Å². The average molecular weight is 339 g/mol. The zero-order valence-electron chi connectivity index (χ0n) is 15.4. The fourth-order valence-corrected chi connectivity index (χ4v) is 3.28. The van der Waals surface area contributed by atoms with Crippen LogP contribution in [0.1, 0.15) is 38.2 Å². The number of nitrogens with zero attached hydrogens (tertiary/aromatic N) is 3. The van der Waals surface area contributed by atoms with E-state index in [-0.39, 0.29) is 11.5 Å². The lowest BCUT2D eigenvalue weighted by molar-refractivity contribution is -0.128. The van der Waals surface area contributed by atoms with E-state index in [4.69, 9.17) is 0 Å². The maximum Gasteiger partial charge on any atom is 0.266 e. The second kappa shape index (κ2) is 9.88. The zero-order valence-corrected chi connectivity index (χ0v) is 15.4. The van der Waals surface area contributed by atoms with Crippen LogP contribution in [0, 0.1) is 17.2 Å². The molecule has 1 aromatic carbocycles. The Morgan fingerprint density at radius 2 is 2.00 bits per heavy atom. The highest BCUT2D eigenvalue weighted by Gasteiger charge is 2.25. The number of hydrogen-bond donors (Lipinski definition) is 0. The summed E-state index contributed by atoms with van der Waals surface area (Å²) in [5, 5.41) is 9.36. The molecule has 1 heterocycles. The molecule has 0 aliphatic carbocycles. The lowest BCUT2D eigenvalue weighted by atomic mass is 9.90. The van der Waals surface area contributed by atoms with Crippen molar-refractivity contribution in [3.63, 3.8) is 0 Å². The van der Waals surface area contributed by atoms with Crippen LogP contribution in [0.4, 0.5) is 0 Å². The third kappa shape index (κ3) is 5.94. The number of carbonyl (C=O) groups is 1. The summed E-state index contributed by atoms with van der Waals surface area (Å²) in [6.45, 7) is 4.49. The monoisotopic (exact) mass is 339 g/mol. The number of unbranched alkanes of at least 4 members (excludes halogenated alkanes) is 1. The normalized spacial score (nSPS) is 15.7. The van der Waals surface area contributed by atoms with Gasteiger partial charge in [0.1, 0.15) is 11.6 Å². The van der Waals surface area contributed by atoms with E-state index >= 15 is 0 Å². The molecule has 4 nitrogen and oxygen atoms in total. The maximum atomic E-state index is 12.6. The van der Waals surface area contributed by atoms with Gasteiger partial charge < -0.3 is 9.80 Å². The van der Waals surface area contributed by atoms with Gasteiger partial charge in [-0.15, -0.1) is 0 Å². The second-order valence-corrected chi connectivity index (χ2v) is 6.91. The van der Waals surface area contributed by atoms with E-state index in [0.29, 0.717) is 5.92 Å². The molecule has 0 N–H and O–H groups in total. The Morgan fingerprint density at radius 1 is 1.32 bits per heavy atom. The molecule has 0 aromatic heterocycles. The number of likely N-dealkylation sites (tertiary alicyclic amines) is 1. The number of rotatable bonds is 7. The molecule has 0 atom stereocenters. The summed E-state index contributed by atoms with van der Waals surface area (Å²) in [5.74, 6) is 0.497. The predicted molar refractivity (Wildman–Crippen MR) is 101 cm³/mol. The van der Waals surface area contributed by atoms with Crippen molar-refractivity contribution in [2.75, 3.05) is 26.7 Å². The van der Waals surface area contributed by atoms with Gasteiger partial charge in [0.2, 0.25) is 0 Å². The smallest absolute Gasteiger partial charge is 0.266 e. The number of benzene rings is 1. The zero-order chi connectivity index (χ0) is 18.1. The molecule has 1 amide bonds. The SMILES string of the molecule is CCCCN(C)/C=C(/C#N)C(=O)N1CCC(Cc2ccccc2)CC1. The van der Waals surface area contributed by atoms with Gasteiger partial charge in [0.15, 0.2) is 0 Å².